The van der Waals surface area contributed by atoms with Gasteiger partial charge >= 0.3 is 0 Å². The lowest BCUT2D eigenvalue weighted by molar-refractivity contribution is -0.122. The highest BCUT2D eigenvalue weighted by Gasteiger charge is 2.48. The zero-order valence-electron chi connectivity index (χ0n) is 16.3. The maximum Gasteiger partial charge on any atom is 0.243 e. The molecule has 4 rings (SSSR count). The summed E-state index contributed by atoms with van der Waals surface area (Å²) in [4.78, 5) is 12.6. The Bertz CT molecular complexity index is 1000. The fourth-order valence-electron chi connectivity index (χ4n) is 4.21. The van der Waals surface area contributed by atoms with Crippen molar-refractivity contribution in [1.82, 2.24) is 5.32 Å². The van der Waals surface area contributed by atoms with Crippen molar-refractivity contribution in [3.05, 3.63) is 59.7 Å². The number of hydrogen-bond acceptors (Lipinski definition) is 4. The number of benzene rings is 2. The van der Waals surface area contributed by atoms with E-state index >= 15 is 4.39 Å². The van der Waals surface area contributed by atoms with Gasteiger partial charge in [0.2, 0.25) is 20.7 Å². The van der Waals surface area contributed by atoms with Gasteiger partial charge in [-0.3, -0.25) is 4.79 Å². The predicted molar refractivity (Wildman–Crippen MR) is 110 cm³/mol. The lowest BCUT2D eigenvalue weighted by Gasteiger charge is -2.34. The van der Waals surface area contributed by atoms with Crippen LogP contribution in [0.1, 0.15) is 36.8 Å². The molecule has 0 spiro atoms. The monoisotopic (exact) mass is 416 g/mol. The first-order valence-electron chi connectivity index (χ1n) is 9.93. The summed E-state index contributed by atoms with van der Waals surface area (Å²) in [5, 5.41) is 3.89. The molecule has 29 heavy (non-hydrogen) atoms. The first-order chi connectivity index (χ1) is 13.8. The summed E-state index contributed by atoms with van der Waals surface area (Å²) in [6.45, 7) is 1.78. The van der Waals surface area contributed by atoms with Crippen molar-refractivity contribution < 1.29 is 17.6 Å². The van der Waals surface area contributed by atoms with E-state index in [1.54, 1.807) is 19.1 Å². The fourth-order valence-corrected chi connectivity index (χ4v) is 6.01. The first kappa shape index (κ1) is 19.9. The standard InChI is InChI=1S/C22H25FN2O3S/c1-15-5-4-7-18(13-15)29(27,28)22(23)11-9-17(10-12-22)24-21(26)20-14-16-6-2-3-8-19(16)25-20/h2-8,13,17,20,25H,9-12,14H2,1H3,(H,24,26)/t17-,20?,22+. The van der Waals surface area contributed by atoms with Crippen LogP contribution in [0.25, 0.3) is 0 Å². The molecule has 1 fully saturated rings. The second-order valence-corrected chi connectivity index (χ2v) is 10.3. The lowest BCUT2D eigenvalue weighted by atomic mass is 9.93. The highest BCUT2D eigenvalue weighted by atomic mass is 32.2. The van der Waals surface area contributed by atoms with Crippen LogP contribution < -0.4 is 10.6 Å². The number of fused-ring (bicyclic) bond motifs is 1. The van der Waals surface area contributed by atoms with Gasteiger partial charge < -0.3 is 10.6 Å². The normalized spacial score (nSPS) is 26.4. The zero-order chi connectivity index (χ0) is 20.6. The maximum atomic E-state index is 15.4. The molecule has 2 N–H and O–H groups in total. The molecule has 1 aliphatic heterocycles. The lowest BCUT2D eigenvalue weighted by Crippen LogP contribution is -2.48. The van der Waals surface area contributed by atoms with E-state index in [9.17, 15) is 13.2 Å². The molecule has 7 heteroatoms. The van der Waals surface area contributed by atoms with Gasteiger partial charge in [-0.1, -0.05) is 30.3 Å². The molecular formula is C22H25FN2O3S. The van der Waals surface area contributed by atoms with Gasteiger partial charge in [0.1, 0.15) is 6.04 Å². The molecule has 0 bridgehead atoms. The molecule has 0 radical (unpaired) electrons. The van der Waals surface area contributed by atoms with Crippen LogP contribution in [0.5, 0.6) is 0 Å². The van der Waals surface area contributed by atoms with Crippen molar-refractivity contribution in [3.8, 4) is 0 Å². The topological polar surface area (TPSA) is 75.3 Å². The smallest absolute Gasteiger partial charge is 0.243 e. The number of aryl methyl sites for hydroxylation is 1. The third kappa shape index (κ3) is 3.75. The fraction of sp³-hybridized carbons (Fsp3) is 0.409. The molecule has 1 unspecified atom stereocenters. The van der Waals surface area contributed by atoms with Crippen molar-refractivity contribution >= 4 is 21.4 Å². The van der Waals surface area contributed by atoms with Crippen LogP contribution in [-0.4, -0.2) is 31.4 Å². The number of carbonyl (C=O) groups excluding carboxylic acids is 1. The number of anilines is 1. The molecule has 2 aliphatic rings. The third-order valence-electron chi connectivity index (χ3n) is 5.95. The number of sulfone groups is 1. The van der Waals surface area contributed by atoms with Crippen LogP contribution in [0.4, 0.5) is 10.1 Å². The summed E-state index contributed by atoms with van der Waals surface area (Å²) >= 11 is 0. The van der Waals surface area contributed by atoms with E-state index < -0.39 is 14.8 Å². The van der Waals surface area contributed by atoms with Gasteiger partial charge in [0.25, 0.3) is 0 Å². The van der Waals surface area contributed by atoms with Gasteiger partial charge in [-0.05, 0) is 61.9 Å². The highest BCUT2D eigenvalue weighted by Crippen LogP contribution is 2.40. The molecular weight excluding hydrogens is 391 g/mol. The average molecular weight is 417 g/mol. The minimum Gasteiger partial charge on any atom is -0.373 e. The molecule has 154 valence electrons. The minimum atomic E-state index is -4.08. The molecule has 1 amide bonds. The summed E-state index contributed by atoms with van der Waals surface area (Å²) in [7, 11) is -4.08. The SMILES string of the molecule is Cc1cccc(S(=O)(=O)[C@]2(F)CC[C@H](NC(=O)C3Cc4ccccc4N3)CC2)c1. The largest absolute Gasteiger partial charge is 0.373 e. The van der Waals surface area contributed by atoms with Gasteiger partial charge in [-0.25, -0.2) is 12.8 Å². The van der Waals surface area contributed by atoms with Gasteiger partial charge in [0, 0.05) is 18.2 Å². The summed E-state index contributed by atoms with van der Waals surface area (Å²) < 4.78 is 41.2. The number of hydrogen-bond donors (Lipinski definition) is 2. The Kier molecular flexibility index (Phi) is 5.11. The van der Waals surface area contributed by atoms with E-state index in [2.05, 4.69) is 10.6 Å². The van der Waals surface area contributed by atoms with E-state index in [1.807, 2.05) is 24.3 Å². The van der Waals surface area contributed by atoms with Crippen LogP contribution in [0, 0.1) is 6.92 Å². The highest BCUT2D eigenvalue weighted by molar-refractivity contribution is 7.92. The predicted octanol–water partition coefficient (Wildman–Crippen LogP) is 3.53. The second-order valence-electron chi connectivity index (χ2n) is 8.04. The van der Waals surface area contributed by atoms with Crippen molar-refractivity contribution in [2.75, 3.05) is 5.32 Å². The quantitative estimate of drug-likeness (QED) is 0.800. The number of alkyl halides is 1. The Morgan fingerprint density at radius 3 is 2.55 bits per heavy atom. The van der Waals surface area contributed by atoms with Gasteiger partial charge in [0.05, 0.1) is 4.90 Å². The number of carbonyl (C=O) groups is 1. The van der Waals surface area contributed by atoms with Crippen molar-refractivity contribution in [3.63, 3.8) is 0 Å². The molecule has 2 aromatic rings. The molecule has 2 aromatic carbocycles. The summed E-state index contributed by atoms with van der Waals surface area (Å²) in [6, 6.07) is 13.6. The van der Waals surface area contributed by atoms with Crippen LogP contribution >= 0.6 is 0 Å². The van der Waals surface area contributed by atoms with Gasteiger partial charge in [-0.15, -0.1) is 0 Å². The Morgan fingerprint density at radius 1 is 1.14 bits per heavy atom. The molecule has 5 nitrogen and oxygen atoms in total. The van der Waals surface area contributed by atoms with Crippen molar-refractivity contribution in [2.45, 2.75) is 61.0 Å². The molecule has 1 aliphatic carbocycles. The number of nitrogens with one attached hydrogen (secondary N) is 2. The third-order valence-corrected chi connectivity index (χ3v) is 8.19. The van der Waals surface area contributed by atoms with E-state index in [0.29, 0.717) is 19.3 Å². The molecule has 1 saturated carbocycles. The maximum absolute atomic E-state index is 15.4. The Morgan fingerprint density at radius 2 is 1.86 bits per heavy atom. The van der Waals surface area contributed by atoms with Crippen molar-refractivity contribution in [1.29, 1.82) is 0 Å². The molecule has 0 saturated heterocycles. The van der Waals surface area contributed by atoms with Crippen LogP contribution in [-0.2, 0) is 21.1 Å². The Balaban J connectivity index is 1.37. The van der Waals surface area contributed by atoms with E-state index in [4.69, 9.17) is 0 Å². The number of amides is 1. The molecule has 0 aromatic heterocycles. The Hall–Kier alpha value is -2.41. The summed E-state index contributed by atoms with van der Waals surface area (Å²) in [6.07, 6.45) is 0.975. The Labute approximate surface area is 170 Å². The van der Waals surface area contributed by atoms with E-state index in [0.717, 1.165) is 16.8 Å². The van der Waals surface area contributed by atoms with Crippen LogP contribution in [0.2, 0.25) is 0 Å². The average Bonchev–Trinajstić information content (AvgIpc) is 3.14. The number of halogens is 1. The number of para-hydroxylation sites is 1. The summed E-state index contributed by atoms with van der Waals surface area (Å²) in [5.41, 5.74) is 2.84. The first-order valence-corrected chi connectivity index (χ1v) is 11.4. The minimum absolute atomic E-state index is 0.0235. The molecule has 1 heterocycles. The number of rotatable bonds is 4. The van der Waals surface area contributed by atoms with Gasteiger partial charge in [0.15, 0.2) is 0 Å². The van der Waals surface area contributed by atoms with Crippen LogP contribution in [0.15, 0.2) is 53.4 Å². The van der Waals surface area contributed by atoms with E-state index in [-0.39, 0.29) is 35.7 Å². The van der Waals surface area contributed by atoms with Crippen molar-refractivity contribution in [2.24, 2.45) is 0 Å². The second kappa shape index (κ2) is 7.44. The zero-order valence-corrected chi connectivity index (χ0v) is 17.1. The molecule has 1 atom stereocenters. The van der Waals surface area contributed by atoms with E-state index in [1.165, 1.54) is 12.1 Å². The van der Waals surface area contributed by atoms with Crippen LogP contribution in [0.3, 0.4) is 0 Å². The summed E-state index contributed by atoms with van der Waals surface area (Å²) in [5.74, 6) is -0.126. The van der Waals surface area contributed by atoms with Gasteiger partial charge in [-0.2, -0.15) is 0 Å².